The van der Waals surface area contributed by atoms with E-state index in [-0.39, 0.29) is 30.7 Å². The van der Waals surface area contributed by atoms with Crippen molar-refractivity contribution in [2.24, 2.45) is 5.73 Å². The third kappa shape index (κ3) is 6.76. The first-order valence-corrected chi connectivity index (χ1v) is 5.94. The number of rotatable bonds is 5. The van der Waals surface area contributed by atoms with Crippen LogP contribution in [0.2, 0.25) is 0 Å². The largest absolute Gasteiger partial charge is 0.350 e. The fraction of sp³-hybridized carbons (Fsp3) is 0.538. The van der Waals surface area contributed by atoms with Crippen LogP contribution < -0.4 is 11.1 Å². The molecule has 0 aliphatic heterocycles. The van der Waals surface area contributed by atoms with Crippen molar-refractivity contribution in [1.29, 1.82) is 0 Å². The smallest absolute Gasteiger partial charge is 0.240 e. The van der Waals surface area contributed by atoms with Crippen molar-refractivity contribution in [3.8, 4) is 0 Å². The van der Waals surface area contributed by atoms with Crippen molar-refractivity contribution >= 4 is 30.7 Å². The minimum Gasteiger partial charge on any atom is -0.350 e. The van der Waals surface area contributed by atoms with Gasteiger partial charge in [-0.2, -0.15) is 0 Å². The van der Waals surface area contributed by atoms with Crippen molar-refractivity contribution < 1.29 is 4.79 Å². The highest BCUT2D eigenvalue weighted by Crippen LogP contribution is 2.09. The van der Waals surface area contributed by atoms with Crippen LogP contribution in [0.1, 0.15) is 37.9 Å². The SMILES string of the molecule is CCCC(C)(N)C(=O)NCc1ccc(C)nc1.Cl.Cl. The topological polar surface area (TPSA) is 68.0 Å². The molecule has 0 saturated carbocycles. The third-order valence-electron chi connectivity index (χ3n) is 2.71. The van der Waals surface area contributed by atoms with E-state index in [1.165, 1.54) is 0 Å². The number of aryl methyl sites for hydroxylation is 1. The Morgan fingerprint density at radius 1 is 1.42 bits per heavy atom. The van der Waals surface area contributed by atoms with E-state index in [0.717, 1.165) is 17.7 Å². The van der Waals surface area contributed by atoms with Crippen LogP contribution in [0.5, 0.6) is 0 Å². The molecule has 0 spiro atoms. The molecule has 0 radical (unpaired) electrons. The number of hydrogen-bond donors (Lipinski definition) is 2. The van der Waals surface area contributed by atoms with Gasteiger partial charge in [-0.3, -0.25) is 9.78 Å². The van der Waals surface area contributed by atoms with E-state index < -0.39 is 5.54 Å². The van der Waals surface area contributed by atoms with Gasteiger partial charge in [0.05, 0.1) is 5.54 Å². The number of hydrogen-bond acceptors (Lipinski definition) is 3. The van der Waals surface area contributed by atoms with Gasteiger partial charge < -0.3 is 11.1 Å². The van der Waals surface area contributed by atoms with Crippen LogP contribution in [-0.4, -0.2) is 16.4 Å². The average Bonchev–Trinajstić information content (AvgIpc) is 2.27. The summed E-state index contributed by atoms with van der Waals surface area (Å²) >= 11 is 0. The molecule has 0 saturated heterocycles. The van der Waals surface area contributed by atoms with E-state index in [4.69, 9.17) is 5.73 Å². The zero-order valence-electron chi connectivity index (χ0n) is 11.6. The van der Waals surface area contributed by atoms with Gasteiger partial charge in [-0.05, 0) is 31.9 Å². The van der Waals surface area contributed by atoms with Crippen LogP contribution in [0.15, 0.2) is 18.3 Å². The molecule has 19 heavy (non-hydrogen) atoms. The molecule has 0 bridgehead atoms. The molecule has 1 aromatic heterocycles. The van der Waals surface area contributed by atoms with Gasteiger partial charge in [0.1, 0.15) is 0 Å². The molecule has 1 heterocycles. The zero-order chi connectivity index (χ0) is 12.9. The monoisotopic (exact) mass is 307 g/mol. The summed E-state index contributed by atoms with van der Waals surface area (Å²) in [5, 5.41) is 2.84. The number of carbonyl (C=O) groups is 1. The summed E-state index contributed by atoms with van der Waals surface area (Å²) in [6.07, 6.45) is 3.35. The molecule has 4 nitrogen and oxygen atoms in total. The molecule has 3 N–H and O–H groups in total. The Morgan fingerprint density at radius 3 is 2.53 bits per heavy atom. The van der Waals surface area contributed by atoms with Crippen molar-refractivity contribution in [2.75, 3.05) is 0 Å². The van der Waals surface area contributed by atoms with Crippen LogP contribution >= 0.6 is 24.8 Å². The zero-order valence-corrected chi connectivity index (χ0v) is 13.2. The number of amides is 1. The lowest BCUT2D eigenvalue weighted by Crippen LogP contribution is -2.51. The summed E-state index contributed by atoms with van der Waals surface area (Å²) in [7, 11) is 0. The number of nitrogens with two attached hydrogens (primary N) is 1. The fourth-order valence-corrected chi connectivity index (χ4v) is 1.62. The number of nitrogens with zero attached hydrogens (tertiary/aromatic N) is 1. The second kappa shape index (κ2) is 9.13. The van der Waals surface area contributed by atoms with Gasteiger partial charge in [0.15, 0.2) is 0 Å². The van der Waals surface area contributed by atoms with Crippen molar-refractivity contribution in [1.82, 2.24) is 10.3 Å². The van der Waals surface area contributed by atoms with Crippen LogP contribution in [0.3, 0.4) is 0 Å². The van der Waals surface area contributed by atoms with Gasteiger partial charge in [-0.15, -0.1) is 24.8 Å². The predicted octanol–water partition coefficient (Wildman–Crippen LogP) is 2.37. The first kappa shape index (κ1) is 20.5. The summed E-state index contributed by atoms with van der Waals surface area (Å²) in [5.74, 6) is -0.111. The fourth-order valence-electron chi connectivity index (χ4n) is 1.62. The van der Waals surface area contributed by atoms with E-state index in [1.54, 1.807) is 13.1 Å². The van der Waals surface area contributed by atoms with Crippen molar-refractivity contribution in [2.45, 2.75) is 45.7 Å². The van der Waals surface area contributed by atoms with E-state index in [2.05, 4.69) is 10.3 Å². The van der Waals surface area contributed by atoms with Crippen molar-refractivity contribution in [3.05, 3.63) is 29.6 Å². The maximum absolute atomic E-state index is 11.8. The normalized spacial score (nSPS) is 12.6. The number of pyridine rings is 1. The number of aromatic nitrogens is 1. The highest BCUT2D eigenvalue weighted by molar-refractivity contribution is 5.86. The minimum atomic E-state index is -0.785. The van der Waals surface area contributed by atoms with Crippen LogP contribution in [0.4, 0.5) is 0 Å². The Bertz CT molecular complexity index is 380. The van der Waals surface area contributed by atoms with Gasteiger partial charge in [0, 0.05) is 18.4 Å². The first-order valence-electron chi connectivity index (χ1n) is 5.94. The molecule has 110 valence electrons. The average molecular weight is 308 g/mol. The van der Waals surface area contributed by atoms with E-state index in [1.807, 2.05) is 26.0 Å². The molecule has 1 aromatic rings. The molecular weight excluding hydrogens is 285 g/mol. The second-order valence-electron chi connectivity index (χ2n) is 4.66. The lowest BCUT2D eigenvalue weighted by molar-refractivity contribution is -0.126. The number of carbonyl (C=O) groups excluding carboxylic acids is 1. The van der Waals surface area contributed by atoms with Crippen LogP contribution in [0.25, 0.3) is 0 Å². The Kier molecular flexibility index (Phi) is 9.84. The molecule has 0 fully saturated rings. The molecule has 0 aromatic carbocycles. The molecule has 1 rings (SSSR count). The third-order valence-corrected chi connectivity index (χ3v) is 2.71. The van der Waals surface area contributed by atoms with E-state index in [0.29, 0.717) is 13.0 Å². The molecule has 1 atom stereocenters. The van der Waals surface area contributed by atoms with Crippen LogP contribution in [-0.2, 0) is 11.3 Å². The van der Waals surface area contributed by atoms with E-state index >= 15 is 0 Å². The molecular formula is C13H23Cl2N3O. The lowest BCUT2D eigenvalue weighted by Gasteiger charge is -2.22. The van der Waals surface area contributed by atoms with Gasteiger partial charge in [0.2, 0.25) is 5.91 Å². The highest BCUT2D eigenvalue weighted by atomic mass is 35.5. The lowest BCUT2D eigenvalue weighted by atomic mass is 9.96. The Hall–Kier alpha value is -0.840. The molecule has 0 aliphatic rings. The summed E-state index contributed by atoms with van der Waals surface area (Å²) in [4.78, 5) is 16.0. The molecule has 1 unspecified atom stereocenters. The maximum atomic E-state index is 11.8. The molecule has 0 aliphatic carbocycles. The highest BCUT2D eigenvalue weighted by Gasteiger charge is 2.26. The number of halogens is 2. The first-order chi connectivity index (χ1) is 7.95. The number of nitrogens with one attached hydrogen (secondary N) is 1. The summed E-state index contributed by atoms with van der Waals surface area (Å²) in [6.45, 7) is 6.19. The molecule has 6 heteroatoms. The minimum absolute atomic E-state index is 0. The van der Waals surface area contributed by atoms with Gasteiger partial charge in [-0.25, -0.2) is 0 Å². The standard InChI is InChI=1S/C13H21N3O.2ClH/c1-4-7-13(3,14)12(17)16-9-11-6-5-10(2)15-8-11;;/h5-6,8H,4,7,9,14H2,1-3H3,(H,16,17);2*1H. The van der Waals surface area contributed by atoms with Gasteiger partial charge in [-0.1, -0.05) is 19.4 Å². The maximum Gasteiger partial charge on any atom is 0.240 e. The summed E-state index contributed by atoms with van der Waals surface area (Å²) in [6, 6.07) is 3.88. The Balaban J connectivity index is 0. The Morgan fingerprint density at radius 2 is 2.05 bits per heavy atom. The van der Waals surface area contributed by atoms with Crippen LogP contribution in [0, 0.1) is 6.92 Å². The quantitative estimate of drug-likeness (QED) is 0.877. The summed E-state index contributed by atoms with van der Waals surface area (Å²) in [5.41, 5.74) is 7.10. The van der Waals surface area contributed by atoms with Gasteiger partial charge >= 0.3 is 0 Å². The predicted molar refractivity (Wildman–Crippen MR) is 82.8 cm³/mol. The second-order valence-corrected chi connectivity index (χ2v) is 4.66. The van der Waals surface area contributed by atoms with Gasteiger partial charge in [0.25, 0.3) is 0 Å². The van der Waals surface area contributed by atoms with E-state index in [9.17, 15) is 4.79 Å². The van der Waals surface area contributed by atoms with Crippen molar-refractivity contribution in [3.63, 3.8) is 0 Å². The Labute approximate surface area is 127 Å². The summed E-state index contributed by atoms with van der Waals surface area (Å²) < 4.78 is 0. The molecule has 1 amide bonds.